The van der Waals surface area contributed by atoms with Crippen molar-refractivity contribution < 1.29 is 23.0 Å². The molecule has 0 radical (unpaired) electrons. The summed E-state index contributed by atoms with van der Waals surface area (Å²) in [6.45, 7) is 0. The van der Waals surface area contributed by atoms with Crippen molar-refractivity contribution in [2.45, 2.75) is 10.6 Å². The molecule has 7 nitrogen and oxygen atoms in total. The summed E-state index contributed by atoms with van der Waals surface area (Å²) < 4.78 is 28.8. The van der Waals surface area contributed by atoms with Gasteiger partial charge in [-0.15, -0.1) is 11.3 Å². The summed E-state index contributed by atoms with van der Waals surface area (Å²) in [5.41, 5.74) is 1.25. The molecular weight excluding hydrogens is 465 g/mol. The van der Waals surface area contributed by atoms with Crippen LogP contribution in [0.5, 0.6) is 0 Å². The maximum Gasteiger partial charge on any atom is 0.331 e. The maximum absolute atomic E-state index is 13.5. The van der Waals surface area contributed by atoms with Crippen molar-refractivity contribution in [3.63, 3.8) is 0 Å². The van der Waals surface area contributed by atoms with Gasteiger partial charge in [0, 0.05) is 11.3 Å². The van der Waals surface area contributed by atoms with E-state index in [1.807, 2.05) is 0 Å². The number of nitrogens with zero attached hydrogens (tertiary/aromatic N) is 1. The molecule has 2 heterocycles. The number of amides is 4. The molecule has 1 aliphatic rings. The van der Waals surface area contributed by atoms with Gasteiger partial charge in [0.2, 0.25) is 5.91 Å². The number of rotatable bonds is 4. The van der Waals surface area contributed by atoms with Gasteiger partial charge in [0.1, 0.15) is 10.0 Å². The van der Waals surface area contributed by atoms with Gasteiger partial charge in [0.15, 0.2) is 11.0 Å². The average Bonchev–Trinajstić information content (AvgIpc) is 3.16. The lowest BCUT2D eigenvalue weighted by atomic mass is 9.97. The SMILES string of the molecule is O=C(Nc1ccc(N2C(=O)Cc3ccc(F)cc3C2=O)cc1)NS(=O)c1ccc(Cl)s1. The largest absolute Gasteiger partial charge is 0.331 e. The molecule has 0 saturated heterocycles. The third-order valence-corrected chi connectivity index (χ3v) is 7.00. The number of hydrogen-bond donors (Lipinski definition) is 2. The number of thiophene rings is 1. The van der Waals surface area contributed by atoms with Crippen molar-refractivity contribution in [2.75, 3.05) is 10.2 Å². The molecule has 11 heteroatoms. The highest BCUT2D eigenvalue weighted by Gasteiger charge is 2.32. The van der Waals surface area contributed by atoms with Gasteiger partial charge in [-0.3, -0.25) is 14.3 Å². The summed E-state index contributed by atoms with van der Waals surface area (Å²) in [5.74, 6) is -1.61. The van der Waals surface area contributed by atoms with E-state index in [0.29, 0.717) is 19.8 Å². The monoisotopic (exact) mass is 477 g/mol. The van der Waals surface area contributed by atoms with E-state index >= 15 is 0 Å². The van der Waals surface area contributed by atoms with E-state index in [1.54, 1.807) is 12.1 Å². The van der Waals surface area contributed by atoms with Crippen LogP contribution in [-0.4, -0.2) is 22.1 Å². The van der Waals surface area contributed by atoms with E-state index in [2.05, 4.69) is 10.0 Å². The van der Waals surface area contributed by atoms with Gasteiger partial charge in [-0.2, -0.15) is 0 Å². The van der Waals surface area contributed by atoms with Gasteiger partial charge in [0.25, 0.3) is 5.91 Å². The van der Waals surface area contributed by atoms with Crippen LogP contribution in [-0.2, 0) is 22.2 Å². The van der Waals surface area contributed by atoms with Gasteiger partial charge in [-0.05, 0) is 54.1 Å². The molecule has 2 aromatic carbocycles. The number of hydrogen-bond acceptors (Lipinski definition) is 5. The molecule has 0 bridgehead atoms. The summed E-state index contributed by atoms with van der Waals surface area (Å²) in [7, 11) is -1.76. The second-order valence-corrected chi connectivity index (χ2v) is 9.60. The minimum absolute atomic E-state index is 0.0255. The Balaban J connectivity index is 1.45. The molecule has 31 heavy (non-hydrogen) atoms. The lowest BCUT2D eigenvalue weighted by molar-refractivity contribution is -0.117. The topological polar surface area (TPSA) is 95.6 Å². The van der Waals surface area contributed by atoms with E-state index in [0.717, 1.165) is 22.3 Å². The fourth-order valence-corrected chi connectivity index (χ4v) is 5.14. The van der Waals surface area contributed by atoms with Crippen LogP contribution >= 0.6 is 22.9 Å². The highest BCUT2D eigenvalue weighted by molar-refractivity contribution is 7.86. The number of fused-ring (bicyclic) bond motifs is 1. The Hall–Kier alpha value is -3.08. The molecule has 1 unspecified atom stereocenters. The average molecular weight is 478 g/mol. The Morgan fingerprint density at radius 2 is 1.84 bits per heavy atom. The molecule has 0 fully saturated rings. The minimum Gasteiger partial charge on any atom is -0.307 e. The van der Waals surface area contributed by atoms with E-state index in [4.69, 9.17) is 11.6 Å². The number of halogens is 2. The Morgan fingerprint density at radius 1 is 1.10 bits per heavy atom. The second kappa shape index (κ2) is 8.58. The molecule has 1 atom stereocenters. The lowest BCUT2D eigenvalue weighted by Crippen LogP contribution is -2.42. The molecule has 0 spiro atoms. The highest BCUT2D eigenvalue weighted by Crippen LogP contribution is 2.27. The quantitative estimate of drug-likeness (QED) is 0.553. The molecule has 1 aliphatic heterocycles. The molecule has 158 valence electrons. The lowest BCUT2D eigenvalue weighted by Gasteiger charge is -2.27. The van der Waals surface area contributed by atoms with E-state index in [1.165, 1.54) is 36.4 Å². The number of nitrogens with one attached hydrogen (secondary N) is 2. The van der Waals surface area contributed by atoms with E-state index in [9.17, 15) is 23.0 Å². The predicted molar refractivity (Wildman–Crippen MR) is 116 cm³/mol. The smallest absolute Gasteiger partial charge is 0.307 e. The molecule has 2 N–H and O–H groups in total. The molecule has 4 amide bonds. The van der Waals surface area contributed by atoms with Crippen LogP contribution in [0.15, 0.2) is 58.8 Å². The Morgan fingerprint density at radius 3 is 2.52 bits per heavy atom. The Bertz CT molecular complexity index is 1230. The summed E-state index contributed by atoms with van der Waals surface area (Å²) in [4.78, 5) is 38.2. The zero-order chi connectivity index (χ0) is 22.1. The van der Waals surface area contributed by atoms with E-state index < -0.39 is 34.6 Å². The van der Waals surface area contributed by atoms with Crippen molar-refractivity contribution in [1.82, 2.24) is 4.72 Å². The Kier molecular flexibility index (Phi) is 5.86. The molecule has 3 aromatic rings. The van der Waals surface area contributed by atoms with Crippen LogP contribution in [0, 0.1) is 5.82 Å². The first kappa shape index (κ1) is 21.2. The first-order valence-electron chi connectivity index (χ1n) is 8.82. The van der Waals surface area contributed by atoms with Gasteiger partial charge in [-0.25, -0.2) is 18.3 Å². The summed E-state index contributed by atoms with van der Waals surface area (Å²) in [6, 6.07) is 12.1. The standard InChI is InChI=1S/C20H13ClFN3O4S2/c21-16-7-8-18(30-16)31(29)24-20(28)23-13-3-5-14(6-4-13)25-17(26)9-11-1-2-12(22)10-15(11)19(25)27/h1-8,10H,9H2,(H2,23,24,28). The van der Waals surface area contributed by atoms with Crippen LogP contribution in [0.25, 0.3) is 0 Å². The number of carbonyl (C=O) groups is 3. The van der Waals surface area contributed by atoms with Crippen molar-refractivity contribution in [2.24, 2.45) is 0 Å². The number of anilines is 2. The maximum atomic E-state index is 13.5. The van der Waals surface area contributed by atoms with Crippen molar-refractivity contribution in [3.8, 4) is 0 Å². The Labute approximate surface area is 187 Å². The number of carbonyl (C=O) groups excluding carboxylic acids is 3. The minimum atomic E-state index is -1.76. The molecular formula is C20H13ClFN3O4S2. The fraction of sp³-hybridized carbons (Fsp3) is 0.0500. The molecule has 4 rings (SSSR count). The van der Waals surface area contributed by atoms with Crippen molar-refractivity contribution >= 4 is 63.1 Å². The normalized spacial score (nSPS) is 14.2. The number of urea groups is 1. The summed E-state index contributed by atoms with van der Waals surface area (Å²) in [5, 5.41) is 2.52. The zero-order valence-corrected chi connectivity index (χ0v) is 17.9. The first-order chi connectivity index (χ1) is 14.8. The first-order valence-corrected chi connectivity index (χ1v) is 11.2. The van der Waals surface area contributed by atoms with Crippen LogP contribution in [0.4, 0.5) is 20.6 Å². The van der Waals surface area contributed by atoms with Crippen LogP contribution in [0.1, 0.15) is 15.9 Å². The molecule has 1 aromatic heterocycles. The summed E-state index contributed by atoms with van der Waals surface area (Å²) in [6.07, 6.45) is -0.0255. The van der Waals surface area contributed by atoms with Gasteiger partial charge in [-0.1, -0.05) is 17.7 Å². The van der Waals surface area contributed by atoms with Crippen LogP contribution < -0.4 is 14.9 Å². The van der Waals surface area contributed by atoms with Crippen molar-refractivity contribution in [1.29, 1.82) is 0 Å². The van der Waals surface area contributed by atoms with Gasteiger partial charge < -0.3 is 5.32 Å². The van der Waals surface area contributed by atoms with Crippen LogP contribution in [0.3, 0.4) is 0 Å². The van der Waals surface area contributed by atoms with E-state index in [-0.39, 0.29) is 17.7 Å². The third kappa shape index (κ3) is 4.50. The second-order valence-electron chi connectivity index (χ2n) is 6.44. The van der Waals surface area contributed by atoms with Gasteiger partial charge >= 0.3 is 6.03 Å². The number of benzene rings is 2. The molecule has 0 saturated carbocycles. The van der Waals surface area contributed by atoms with Gasteiger partial charge in [0.05, 0.1) is 16.4 Å². The third-order valence-electron chi connectivity index (χ3n) is 4.40. The highest BCUT2D eigenvalue weighted by atomic mass is 35.5. The number of imide groups is 1. The zero-order valence-electron chi connectivity index (χ0n) is 15.6. The van der Waals surface area contributed by atoms with Crippen LogP contribution in [0.2, 0.25) is 4.34 Å². The summed E-state index contributed by atoms with van der Waals surface area (Å²) >= 11 is 6.88. The van der Waals surface area contributed by atoms with Crippen molar-refractivity contribution in [3.05, 3.63) is 75.9 Å². The molecule has 0 aliphatic carbocycles. The fourth-order valence-electron chi connectivity index (χ4n) is 3.02. The predicted octanol–water partition coefficient (Wildman–Crippen LogP) is 4.11.